The lowest BCUT2D eigenvalue weighted by Crippen LogP contribution is -2.45. The van der Waals surface area contributed by atoms with Gasteiger partial charge >= 0.3 is 0 Å². The Kier molecular flexibility index (Phi) is 5.28. The van der Waals surface area contributed by atoms with Crippen LogP contribution >= 0.6 is 11.8 Å². The van der Waals surface area contributed by atoms with Crippen molar-refractivity contribution in [2.75, 3.05) is 17.6 Å². The minimum absolute atomic E-state index is 0.0524. The third-order valence-corrected chi connectivity index (χ3v) is 4.38. The van der Waals surface area contributed by atoms with Crippen LogP contribution in [0, 0.1) is 5.92 Å². The van der Waals surface area contributed by atoms with E-state index in [4.69, 9.17) is 0 Å². The van der Waals surface area contributed by atoms with E-state index in [1.807, 2.05) is 18.2 Å². The second-order valence-electron chi connectivity index (χ2n) is 5.05. The molecule has 1 aromatic rings. The van der Waals surface area contributed by atoms with E-state index in [2.05, 4.69) is 30.5 Å². The fourth-order valence-corrected chi connectivity index (χ4v) is 3.14. The van der Waals surface area contributed by atoms with Gasteiger partial charge in [-0.05, 0) is 43.2 Å². The number of carbonyl (C=O) groups is 1. The molecule has 2 rings (SSSR count). The topological polar surface area (TPSA) is 41.1 Å². The normalized spacial score (nSPS) is 23.1. The summed E-state index contributed by atoms with van der Waals surface area (Å²) in [4.78, 5) is 13.4. The van der Waals surface area contributed by atoms with Crippen LogP contribution in [0.15, 0.2) is 29.2 Å². The second-order valence-corrected chi connectivity index (χ2v) is 6.36. The molecule has 1 heterocycles. The van der Waals surface area contributed by atoms with Crippen molar-refractivity contribution in [1.82, 2.24) is 5.32 Å². The molecule has 0 saturated carbocycles. The average Bonchev–Trinajstić information content (AvgIpc) is 2.41. The highest BCUT2D eigenvalue weighted by molar-refractivity contribution is 7.99. The predicted octanol–water partition coefficient (Wildman–Crippen LogP) is 3.13. The molecule has 2 atom stereocenters. The fourth-order valence-electron chi connectivity index (χ4n) is 2.38. The van der Waals surface area contributed by atoms with Crippen molar-refractivity contribution in [3.05, 3.63) is 24.3 Å². The highest BCUT2D eigenvalue weighted by Gasteiger charge is 2.24. The van der Waals surface area contributed by atoms with E-state index in [-0.39, 0.29) is 11.9 Å². The van der Waals surface area contributed by atoms with E-state index >= 15 is 0 Å². The van der Waals surface area contributed by atoms with Crippen LogP contribution in [0.25, 0.3) is 0 Å². The number of carbonyl (C=O) groups excluding carboxylic acids is 1. The molecule has 1 aliphatic rings. The molecule has 104 valence electrons. The van der Waals surface area contributed by atoms with E-state index in [9.17, 15) is 4.79 Å². The Labute approximate surface area is 119 Å². The van der Waals surface area contributed by atoms with E-state index in [1.54, 1.807) is 11.8 Å². The molecule has 0 bridgehead atoms. The largest absolute Gasteiger partial charge is 0.324 e. The number of piperidine rings is 1. The maximum Gasteiger partial charge on any atom is 0.241 e. The Hall–Kier alpha value is -1.00. The van der Waals surface area contributed by atoms with Crippen LogP contribution < -0.4 is 10.6 Å². The Morgan fingerprint density at radius 2 is 2.26 bits per heavy atom. The van der Waals surface area contributed by atoms with Crippen LogP contribution in [0.2, 0.25) is 0 Å². The van der Waals surface area contributed by atoms with Crippen LogP contribution in [-0.2, 0) is 4.79 Å². The molecule has 3 nitrogen and oxygen atoms in total. The zero-order valence-corrected chi connectivity index (χ0v) is 12.4. The molecule has 1 saturated heterocycles. The van der Waals surface area contributed by atoms with E-state index < -0.39 is 0 Å². The molecule has 0 spiro atoms. The number of hydrogen-bond acceptors (Lipinski definition) is 3. The monoisotopic (exact) mass is 278 g/mol. The molecule has 2 unspecified atom stereocenters. The van der Waals surface area contributed by atoms with Gasteiger partial charge in [-0.25, -0.2) is 0 Å². The zero-order valence-electron chi connectivity index (χ0n) is 11.6. The average molecular weight is 278 g/mol. The number of benzene rings is 1. The van der Waals surface area contributed by atoms with Gasteiger partial charge in [-0.1, -0.05) is 26.0 Å². The Morgan fingerprint density at radius 1 is 1.47 bits per heavy atom. The van der Waals surface area contributed by atoms with Gasteiger partial charge in [0.2, 0.25) is 5.91 Å². The van der Waals surface area contributed by atoms with E-state index in [0.29, 0.717) is 5.92 Å². The van der Waals surface area contributed by atoms with Crippen LogP contribution in [0.3, 0.4) is 0 Å². The molecule has 1 fully saturated rings. The maximum absolute atomic E-state index is 12.3. The fraction of sp³-hybridized carbons (Fsp3) is 0.533. The number of anilines is 1. The Balaban J connectivity index is 2.02. The van der Waals surface area contributed by atoms with Gasteiger partial charge in [0.1, 0.15) is 0 Å². The first-order valence-electron chi connectivity index (χ1n) is 6.96. The van der Waals surface area contributed by atoms with E-state index in [1.165, 1.54) is 0 Å². The van der Waals surface area contributed by atoms with Crippen molar-refractivity contribution in [3.63, 3.8) is 0 Å². The number of para-hydroxylation sites is 1. The van der Waals surface area contributed by atoms with E-state index in [0.717, 1.165) is 35.7 Å². The maximum atomic E-state index is 12.3. The van der Waals surface area contributed by atoms with Crippen molar-refractivity contribution in [2.24, 2.45) is 5.92 Å². The van der Waals surface area contributed by atoms with Gasteiger partial charge in [-0.15, -0.1) is 11.8 Å². The minimum atomic E-state index is -0.0524. The van der Waals surface area contributed by atoms with Crippen molar-refractivity contribution in [2.45, 2.75) is 37.6 Å². The molecule has 0 aromatic heterocycles. The lowest BCUT2D eigenvalue weighted by atomic mass is 9.94. The van der Waals surface area contributed by atoms with Gasteiger partial charge in [0, 0.05) is 4.90 Å². The lowest BCUT2D eigenvalue weighted by molar-refractivity contribution is -0.119. The standard InChI is InChI=1S/C15H22N2OS/c1-3-19-14-7-5-4-6-12(14)17-15(18)13-10-11(2)8-9-16-13/h4-7,11,13,16H,3,8-10H2,1-2H3,(H,17,18). The van der Waals surface area contributed by atoms with Crippen LogP contribution in [0.4, 0.5) is 5.69 Å². The lowest BCUT2D eigenvalue weighted by Gasteiger charge is -2.27. The highest BCUT2D eigenvalue weighted by Crippen LogP contribution is 2.27. The number of nitrogens with one attached hydrogen (secondary N) is 2. The van der Waals surface area contributed by atoms with Crippen LogP contribution in [-0.4, -0.2) is 24.2 Å². The summed E-state index contributed by atoms with van der Waals surface area (Å²) in [7, 11) is 0. The van der Waals surface area contributed by atoms with Gasteiger partial charge in [-0.2, -0.15) is 0 Å². The molecule has 0 radical (unpaired) electrons. The first-order chi connectivity index (χ1) is 9.20. The molecule has 1 amide bonds. The smallest absolute Gasteiger partial charge is 0.241 e. The second kappa shape index (κ2) is 6.96. The number of hydrogen-bond donors (Lipinski definition) is 2. The van der Waals surface area contributed by atoms with Crippen LogP contribution in [0.5, 0.6) is 0 Å². The zero-order chi connectivity index (χ0) is 13.7. The third kappa shape index (κ3) is 3.98. The summed E-state index contributed by atoms with van der Waals surface area (Å²) in [5.74, 6) is 1.72. The van der Waals surface area contributed by atoms with Gasteiger partial charge in [-0.3, -0.25) is 4.79 Å². The molecular formula is C15H22N2OS. The SMILES string of the molecule is CCSc1ccccc1NC(=O)C1CC(C)CCN1. The molecule has 19 heavy (non-hydrogen) atoms. The van der Waals surface area contributed by atoms with Gasteiger partial charge in [0.05, 0.1) is 11.7 Å². The molecule has 4 heteroatoms. The molecular weight excluding hydrogens is 256 g/mol. The molecule has 1 aliphatic heterocycles. The van der Waals surface area contributed by atoms with Gasteiger partial charge in [0.25, 0.3) is 0 Å². The quantitative estimate of drug-likeness (QED) is 0.831. The number of amides is 1. The Bertz CT molecular complexity index is 436. The van der Waals surface area contributed by atoms with Gasteiger partial charge < -0.3 is 10.6 Å². The molecule has 1 aromatic carbocycles. The van der Waals surface area contributed by atoms with Crippen LogP contribution in [0.1, 0.15) is 26.7 Å². The summed E-state index contributed by atoms with van der Waals surface area (Å²) in [6.07, 6.45) is 2.08. The summed E-state index contributed by atoms with van der Waals surface area (Å²) in [6.45, 7) is 5.26. The third-order valence-electron chi connectivity index (χ3n) is 3.43. The molecule has 0 aliphatic carbocycles. The summed E-state index contributed by atoms with van der Waals surface area (Å²) < 4.78 is 0. The summed E-state index contributed by atoms with van der Waals surface area (Å²) >= 11 is 1.76. The summed E-state index contributed by atoms with van der Waals surface area (Å²) in [5.41, 5.74) is 0.930. The van der Waals surface area contributed by atoms with Crippen molar-refractivity contribution in [1.29, 1.82) is 0 Å². The van der Waals surface area contributed by atoms with Crippen molar-refractivity contribution < 1.29 is 4.79 Å². The first-order valence-corrected chi connectivity index (χ1v) is 7.95. The molecule has 2 N–H and O–H groups in total. The summed E-state index contributed by atoms with van der Waals surface area (Å²) in [5, 5.41) is 6.37. The number of rotatable bonds is 4. The number of thioether (sulfide) groups is 1. The highest BCUT2D eigenvalue weighted by atomic mass is 32.2. The predicted molar refractivity (Wildman–Crippen MR) is 81.7 cm³/mol. The van der Waals surface area contributed by atoms with Gasteiger partial charge in [0.15, 0.2) is 0 Å². The minimum Gasteiger partial charge on any atom is -0.324 e. The summed E-state index contributed by atoms with van der Waals surface area (Å²) in [6, 6.07) is 7.95. The van der Waals surface area contributed by atoms with Crippen molar-refractivity contribution >= 4 is 23.4 Å². The Morgan fingerprint density at radius 3 is 3.00 bits per heavy atom. The van der Waals surface area contributed by atoms with Crippen molar-refractivity contribution in [3.8, 4) is 0 Å². The first kappa shape index (κ1) is 14.4.